The van der Waals surface area contributed by atoms with Gasteiger partial charge in [0.25, 0.3) is 0 Å². The highest BCUT2D eigenvalue weighted by molar-refractivity contribution is 6.31. The van der Waals surface area contributed by atoms with Crippen LogP contribution in [0.4, 0.5) is 0 Å². The second kappa shape index (κ2) is 2.96. The Morgan fingerprint density at radius 2 is 2.08 bits per heavy atom. The Morgan fingerprint density at radius 3 is 2.83 bits per heavy atom. The third-order valence-electron chi connectivity index (χ3n) is 1.37. The maximum atomic E-state index is 9.23. The first-order valence-corrected chi connectivity index (χ1v) is 3.34. The molecule has 64 valence electrons. The number of aromatic nitrogens is 3. The lowest BCUT2D eigenvalue weighted by Crippen LogP contribution is -1.71. The number of H-pyrrole nitrogens is 1. The topological polar surface area (TPSA) is 93.3 Å². The first-order chi connectivity index (χ1) is 5.27. The third-order valence-corrected chi connectivity index (χ3v) is 1.58. The van der Waals surface area contributed by atoms with Crippen molar-refractivity contribution >= 4 is 22.6 Å². The monoisotopic (exact) mass is 187 g/mol. The number of halogens is 1. The van der Waals surface area contributed by atoms with E-state index in [2.05, 4.69) is 15.4 Å². The van der Waals surface area contributed by atoms with Crippen molar-refractivity contribution < 1.29 is 10.6 Å². The van der Waals surface area contributed by atoms with E-state index in [0.717, 1.165) is 0 Å². The number of fused-ring (bicyclic) bond motifs is 1. The van der Waals surface area contributed by atoms with Crippen molar-refractivity contribution in [3.63, 3.8) is 0 Å². The molecule has 1 aromatic heterocycles. The van der Waals surface area contributed by atoms with Crippen LogP contribution in [0.2, 0.25) is 5.02 Å². The molecule has 0 saturated carbocycles. The molecule has 1 heterocycles. The highest BCUT2D eigenvalue weighted by Gasteiger charge is 2.04. The van der Waals surface area contributed by atoms with Gasteiger partial charge in [-0.25, -0.2) is 0 Å². The Morgan fingerprint density at radius 1 is 1.33 bits per heavy atom. The molecule has 1 aromatic carbocycles. The summed E-state index contributed by atoms with van der Waals surface area (Å²) in [5.74, 6) is 0.0428. The number of hydrogen-bond acceptors (Lipinski definition) is 3. The summed E-state index contributed by atoms with van der Waals surface area (Å²) in [4.78, 5) is 0. The zero-order valence-corrected chi connectivity index (χ0v) is 6.63. The second-order valence-corrected chi connectivity index (χ2v) is 2.55. The van der Waals surface area contributed by atoms with Gasteiger partial charge in [-0.15, -0.1) is 0 Å². The summed E-state index contributed by atoms with van der Waals surface area (Å²) in [5.41, 5.74) is 1.00. The minimum atomic E-state index is 0. The molecule has 0 bridgehead atoms. The smallest absolute Gasteiger partial charge is 0.154 e. The number of phenolic OH excluding ortho intramolecular Hbond substituents is 1. The van der Waals surface area contributed by atoms with Crippen LogP contribution in [0.1, 0.15) is 0 Å². The second-order valence-electron chi connectivity index (χ2n) is 2.12. The summed E-state index contributed by atoms with van der Waals surface area (Å²) in [6.07, 6.45) is 0. The normalized spacial score (nSPS) is 9.75. The average Bonchev–Trinajstić information content (AvgIpc) is 2.34. The maximum Gasteiger partial charge on any atom is 0.154 e. The number of nitrogens with one attached hydrogen (secondary N) is 1. The largest absolute Gasteiger partial charge is 0.505 e. The summed E-state index contributed by atoms with van der Waals surface area (Å²) in [5, 5.41) is 19.5. The summed E-state index contributed by atoms with van der Waals surface area (Å²) >= 11 is 5.64. The van der Waals surface area contributed by atoms with Crippen LogP contribution in [0.15, 0.2) is 12.1 Å². The zero-order chi connectivity index (χ0) is 7.84. The van der Waals surface area contributed by atoms with Crippen molar-refractivity contribution in [2.45, 2.75) is 0 Å². The van der Waals surface area contributed by atoms with E-state index in [1.54, 1.807) is 6.07 Å². The molecule has 0 unspecified atom stereocenters. The lowest BCUT2D eigenvalue weighted by atomic mass is 10.3. The van der Waals surface area contributed by atoms with Crippen LogP contribution in [0, 0.1) is 0 Å². The number of benzene rings is 1. The van der Waals surface area contributed by atoms with E-state index in [1.807, 2.05) is 0 Å². The molecule has 12 heavy (non-hydrogen) atoms. The zero-order valence-electron chi connectivity index (χ0n) is 5.87. The van der Waals surface area contributed by atoms with Gasteiger partial charge in [-0.1, -0.05) is 11.6 Å². The Kier molecular flexibility index (Phi) is 2.16. The van der Waals surface area contributed by atoms with Crippen LogP contribution in [-0.4, -0.2) is 26.0 Å². The summed E-state index contributed by atoms with van der Waals surface area (Å²) < 4.78 is 0. The number of rotatable bonds is 0. The minimum Gasteiger partial charge on any atom is -0.505 e. The number of nitrogens with zero attached hydrogens (tertiary/aromatic N) is 2. The highest BCUT2D eigenvalue weighted by Crippen LogP contribution is 2.24. The first-order valence-electron chi connectivity index (χ1n) is 2.96. The summed E-state index contributed by atoms with van der Waals surface area (Å²) in [7, 11) is 0. The quantitative estimate of drug-likeness (QED) is 0.629. The molecule has 5 nitrogen and oxygen atoms in total. The van der Waals surface area contributed by atoms with E-state index >= 15 is 0 Å². The van der Waals surface area contributed by atoms with Gasteiger partial charge >= 0.3 is 0 Å². The molecule has 0 amide bonds. The molecule has 4 N–H and O–H groups in total. The predicted octanol–water partition coefficient (Wildman–Crippen LogP) is 0.492. The summed E-state index contributed by atoms with van der Waals surface area (Å²) in [6, 6.07) is 3.05. The van der Waals surface area contributed by atoms with Crippen LogP contribution in [-0.2, 0) is 0 Å². The van der Waals surface area contributed by atoms with Crippen molar-refractivity contribution in [2.24, 2.45) is 0 Å². The van der Waals surface area contributed by atoms with Crippen molar-refractivity contribution in [2.75, 3.05) is 0 Å². The fourth-order valence-corrected chi connectivity index (χ4v) is 1.11. The van der Waals surface area contributed by atoms with E-state index in [4.69, 9.17) is 11.6 Å². The minimum absolute atomic E-state index is 0. The van der Waals surface area contributed by atoms with E-state index in [9.17, 15) is 5.11 Å². The molecule has 0 saturated heterocycles. The van der Waals surface area contributed by atoms with Crippen LogP contribution >= 0.6 is 11.6 Å². The average molecular weight is 188 g/mol. The van der Waals surface area contributed by atoms with Gasteiger partial charge in [0.05, 0.1) is 0 Å². The number of aromatic amines is 1. The molecule has 2 rings (SSSR count). The van der Waals surface area contributed by atoms with Gasteiger partial charge in [0.2, 0.25) is 0 Å². The molecular weight excluding hydrogens is 182 g/mol. The Hall–Kier alpha value is -1.33. The lowest BCUT2D eigenvalue weighted by Gasteiger charge is -1.91. The summed E-state index contributed by atoms with van der Waals surface area (Å²) in [6.45, 7) is 0. The van der Waals surface area contributed by atoms with Crippen molar-refractivity contribution in [3.05, 3.63) is 17.2 Å². The van der Waals surface area contributed by atoms with E-state index in [1.165, 1.54) is 6.07 Å². The van der Waals surface area contributed by atoms with Crippen LogP contribution < -0.4 is 0 Å². The van der Waals surface area contributed by atoms with Gasteiger partial charge in [0.15, 0.2) is 5.52 Å². The van der Waals surface area contributed by atoms with E-state index in [-0.39, 0.29) is 11.2 Å². The number of phenols is 1. The maximum absolute atomic E-state index is 9.23. The van der Waals surface area contributed by atoms with Gasteiger partial charge < -0.3 is 10.6 Å². The third kappa shape index (κ3) is 1.19. The Bertz CT molecular complexity index is 401. The number of hydrogen-bond donors (Lipinski definition) is 2. The van der Waals surface area contributed by atoms with Crippen molar-refractivity contribution in [3.8, 4) is 5.75 Å². The SMILES string of the molecule is O.Oc1cc(Cl)cc2n[nH]nc12. The fraction of sp³-hybridized carbons (Fsp3) is 0. The highest BCUT2D eigenvalue weighted by atomic mass is 35.5. The molecule has 0 radical (unpaired) electrons. The van der Waals surface area contributed by atoms with Gasteiger partial charge in [-0.05, 0) is 6.07 Å². The molecule has 0 aliphatic carbocycles. The molecule has 0 spiro atoms. The molecule has 6 heteroatoms. The number of aromatic hydroxyl groups is 1. The molecule has 0 atom stereocenters. The molecule has 2 aromatic rings. The lowest BCUT2D eigenvalue weighted by molar-refractivity contribution is 0.480. The standard InChI is InChI=1S/C6H4ClN3O.H2O/c7-3-1-4-6(5(11)2-3)9-10-8-4;/h1-2,11H,(H,8,9,10);1H2. The molecule has 0 aliphatic heterocycles. The van der Waals surface area contributed by atoms with E-state index < -0.39 is 0 Å². The predicted molar refractivity (Wildman–Crippen MR) is 44.2 cm³/mol. The van der Waals surface area contributed by atoms with Crippen LogP contribution in [0.5, 0.6) is 5.75 Å². The molecule has 0 fully saturated rings. The fourth-order valence-electron chi connectivity index (χ4n) is 0.899. The van der Waals surface area contributed by atoms with Gasteiger partial charge in [-0.2, -0.15) is 15.4 Å². The van der Waals surface area contributed by atoms with E-state index in [0.29, 0.717) is 16.1 Å². The van der Waals surface area contributed by atoms with Crippen LogP contribution in [0.3, 0.4) is 0 Å². The first kappa shape index (κ1) is 8.76. The molecular formula is C6H6ClN3O2. The van der Waals surface area contributed by atoms with Crippen molar-refractivity contribution in [1.29, 1.82) is 0 Å². The van der Waals surface area contributed by atoms with Gasteiger partial charge in [0.1, 0.15) is 11.3 Å². The Labute approximate surface area is 72.3 Å². The molecule has 0 aliphatic rings. The van der Waals surface area contributed by atoms with Gasteiger partial charge in [-0.3, -0.25) is 0 Å². The van der Waals surface area contributed by atoms with Gasteiger partial charge in [0, 0.05) is 11.1 Å². The Balaban J connectivity index is 0.000000720. The van der Waals surface area contributed by atoms with Crippen LogP contribution in [0.25, 0.3) is 11.0 Å². The van der Waals surface area contributed by atoms with Crippen molar-refractivity contribution in [1.82, 2.24) is 15.4 Å².